The van der Waals surface area contributed by atoms with E-state index < -0.39 is 0 Å². The predicted octanol–water partition coefficient (Wildman–Crippen LogP) is 1.66. The monoisotopic (exact) mass is 229 g/mol. The van der Waals surface area contributed by atoms with Crippen molar-refractivity contribution in [2.75, 3.05) is 0 Å². The van der Waals surface area contributed by atoms with Gasteiger partial charge in [-0.05, 0) is 19.1 Å². The van der Waals surface area contributed by atoms with Crippen LogP contribution in [0.1, 0.15) is 21.5 Å². The number of carbonyl (C=O) groups excluding carboxylic acids is 1. The van der Waals surface area contributed by atoms with Crippen LogP contribution in [0.3, 0.4) is 0 Å². The van der Waals surface area contributed by atoms with E-state index in [0.29, 0.717) is 12.1 Å². The Bertz CT molecular complexity index is 531. The molecule has 0 fully saturated rings. The Kier molecular flexibility index (Phi) is 3.23. The fraction of sp³-hybridized carbons (Fsp3) is 0.231. The van der Waals surface area contributed by atoms with E-state index in [1.165, 1.54) is 0 Å². The van der Waals surface area contributed by atoms with Crippen molar-refractivity contribution in [3.8, 4) is 0 Å². The number of rotatable bonds is 3. The lowest BCUT2D eigenvalue weighted by atomic mass is 10.1. The van der Waals surface area contributed by atoms with Crippen molar-refractivity contribution in [1.29, 1.82) is 0 Å². The van der Waals surface area contributed by atoms with Crippen molar-refractivity contribution >= 4 is 5.91 Å². The van der Waals surface area contributed by atoms with Crippen LogP contribution in [0.15, 0.2) is 36.7 Å². The van der Waals surface area contributed by atoms with E-state index in [1.807, 2.05) is 44.4 Å². The summed E-state index contributed by atoms with van der Waals surface area (Å²) in [5, 5.41) is 6.91. The Balaban J connectivity index is 1.98. The molecule has 88 valence electrons. The number of nitrogens with one attached hydrogen (secondary N) is 1. The number of amides is 1. The maximum Gasteiger partial charge on any atom is 0.251 e. The van der Waals surface area contributed by atoms with Crippen LogP contribution in [-0.2, 0) is 13.6 Å². The molecule has 0 aliphatic rings. The zero-order valence-corrected chi connectivity index (χ0v) is 9.97. The van der Waals surface area contributed by atoms with Gasteiger partial charge in [0.1, 0.15) is 0 Å². The number of nitrogens with zero attached hydrogens (tertiary/aromatic N) is 2. The largest absolute Gasteiger partial charge is 0.348 e. The molecule has 1 amide bonds. The Morgan fingerprint density at radius 3 is 2.94 bits per heavy atom. The second-order valence-electron chi connectivity index (χ2n) is 4.07. The van der Waals surface area contributed by atoms with Crippen molar-refractivity contribution in [3.05, 3.63) is 53.3 Å². The van der Waals surface area contributed by atoms with E-state index in [2.05, 4.69) is 10.4 Å². The summed E-state index contributed by atoms with van der Waals surface area (Å²) in [6.45, 7) is 2.47. The number of benzene rings is 1. The zero-order chi connectivity index (χ0) is 12.3. The highest BCUT2D eigenvalue weighted by molar-refractivity contribution is 5.94. The van der Waals surface area contributed by atoms with E-state index in [1.54, 1.807) is 10.9 Å². The Hall–Kier alpha value is -2.10. The van der Waals surface area contributed by atoms with Crippen molar-refractivity contribution < 1.29 is 4.79 Å². The van der Waals surface area contributed by atoms with Gasteiger partial charge in [-0.3, -0.25) is 9.48 Å². The summed E-state index contributed by atoms with van der Waals surface area (Å²) in [5.74, 6) is -0.0578. The first-order valence-electron chi connectivity index (χ1n) is 5.47. The summed E-state index contributed by atoms with van der Waals surface area (Å²) in [5.41, 5.74) is 2.77. The van der Waals surface area contributed by atoms with Crippen molar-refractivity contribution in [2.45, 2.75) is 13.5 Å². The molecule has 0 spiro atoms. The molecular formula is C13H15N3O. The van der Waals surface area contributed by atoms with Gasteiger partial charge in [-0.2, -0.15) is 5.10 Å². The third-order valence-corrected chi connectivity index (χ3v) is 2.49. The highest BCUT2D eigenvalue weighted by Crippen LogP contribution is 2.04. The molecule has 0 aliphatic heterocycles. The van der Waals surface area contributed by atoms with Gasteiger partial charge in [0.2, 0.25) is 0 Å². The highest BCUT2D eigenvalue weighted by atomic mass is 16.1. The fourth-order valence-corrected chi connectivity index (χ4v) is 1.63. The second kappa shape index (κ2) is 4.82. The predicted molar refractivity (Wildman–Crippen MR) is 65.6 cm³/mol. The minimum absolute atomic E-state index is 0.0578. The molecule has 2 aromatic rings. The molecule has 4 heteroatoms. The van der Waals surface area contributed by atoms with Gasteiger partial charge in [0.25, 0.3) is 5.91 Å². The van der Waals surface area contributed by atoms with E-state index in [0.717, 1.165) is 11.1 Å². The highest BCUT2D eigenvalue weighted by Gasteiger charge is 2.05. The average Bonchev–Trinajstić information content (AvgIpc) is 2.72. The third-order valence-electron chi connectivity index (χ3n) is 2.49. The molecule has 1 aromatic carbocycles. The molecular weight excluding hydrogens is 214 g/mol. The van der Waals surface area contributed by atoms with Gasteiger partial charge in [-0.1, -0.05) is 17.7 Å². The van der Waals surface area contributed by atoms with E-state index in [4.69, 9.17) is 0 Å². The molecule has 0 saturated heterocycles. The molecule has 0 radical (unpaired) electrons. The minimum atomic E-state index is -0.0578. The smallest absolute Gasteiger partial charge is 0.251 e. The van der Waals surface area contributed by atoms with Crippen LogP contribution in [0.25, 0.3) is 0 Å². The van der Waals surface area contributed by atoms with Crippen molar-refractivity contribution in [2.24, 2.45) is 7.05 Å². The van der Waals surface area contributed by atoms with Crippen molar-refractivity contribution in [3.63, 3.8) is 0 Å². The number of carbonyl (C=O) groups is 1. The minimum Gasteiger partial charge on any atom is -0.348 e. The van der Waals surface area contributed by atoms with Gasteiger partial charge in [0.05, 0.1) is 6.20 Å². The number of aromatic nitrogens is 2. The third kappa shape index (κ3) is 2.93. The van der Waals surface area contributed by atoms with E-state index in [-0.39, 0.29) is 5.91 Å². The molecule has 1 aromatic heterocycles. The van der Waals surface area contributed by atoms with Gasteiger partial charge in [-0.25, -0.2) is 0 Å². The summed E-state index contributed by atoms with van der Waals surface area (Å²) in [7, 11) is 1.85. The summed E-state index contributed by atoms with van der Waals surface area (Å²) in [6.07, 6.45) is 3.63. The second-order valence-corrected chi connectivity index (χ2v) is 4.07. The Labute approximate surface area is 100 Å². The molecule has 17 heavy (non-hydrogen) atoms. The SMILES string of the molecule is Cc1cccc(C(=O)NCc2cnn(C)c2)c1. The van der Waals surface area contributed by atoms with Crippen LogP contribution in [-0.4, -0.2) is 15.7 Å². The topological polar surface area (TPSA) is 46.9 Å². The molecule has 0 atom stereocenters. The van der Waals surface area contributed by atoms with Gasteiger partial charge >= 0.3 is 0 Å². The molecule has 0 unspecified atom stereocenters. The van der Waals surface area contributed by atoms with E-state index >= 15 is 0 Å². The van der Waals surface area contributed by atoms with Crippen LogP contribution in [0.4, 0.5) is 0 Å². The molecule has 1 N–H and O–H groups in total. The fourth-order valence-electron chi connectivity index (χ4n) is 1.63. The van der Waals surface area contributed by atoms with Gasteiger partial charge in [0, 0.05) is 30.9 Å². The molecule has 4 nitrogen and oxygen atoms in total. The van der Waals surface area contributed by atoms with Crippen LogP contribution in [0, 0.1) is 6.92 Å². The lowest BCUT2D eigenvalue weighted by Crippen LogP contribution is -2.22. The van der Waals surface area contributed by atoms with E-state index in [9.17, 15) is 4.79 Å². The van der Waals surface area contributed by atoms with Crippen LogP contribution in [0.2, 0.25) is 0 Å². The Morgan fingerprint density at radius 2 is 2.29 bits per heavy atom. The first kappa shape index (κ1) is 11.4. The van der Waals surface area contributed by atoms with Gasteiger partial charge in [0.15, 0.2) is 0 Å². The van der Waals surface area contributed by atoms with Gasteiger partial charge < -0.3 is 5.32 Å². The molecule has 0 bridgehead atoms. The summed E-state index contributed by atoms with van der Waals surface area (Å²) >= 11 is 0. The first-order valence-corrected chi connectivity index (χ1v) is 5.47. The lowest BCUT2D eigenvalue weighted by molar-refractivity contribution is 0.0951. The summed E-state index contributed by atoms with van der Waals surface area (Å²) < 4.78 is 1.72. The maximum absolute atomic E-state index is 11.8. The quantitative estimate of drug-likeness (QED) is 0.870. The summed E-state index contributed by atoms with van der Waals surface area (Å²) in [4.78, 5) is 11.8. The molecule has 2 rings (SSSR count). The maximum atomic E-state index is 11.8. The molecule has 1 heterocycles. The van der Waals surface area contributed by atoms with Crippen LogP contribution in [0.5, 0.6) is 0 Å². The molecule has 0 saturated carbocycles. The van der Waals surface area contributed by atoms with Crippen molar-refractivity contribution in [1.82, 2.24) is 15.1 Å². The normalized spacial score (nSPS) is 10.2. The standard InChI is InChI=1S/C13H15N3O/c1-10-4-3-5-12(6-10)13(17)14-7-11-8-15-16(2)9-11/h3-6,8-9H,7H2,1-2H3,(H,14,17). The van der Waals surface area contributed by atoms with Gasteiger partial charge in [-0.15, -0.1) is 0 Å². The summed E-state index contributed by atoms with van der Waals surface area (Å²) in [6, 6.07) is 7.54. The first-order chi connectivity index (χ1) is 8.15. The number of hydrogen-bond acceptors (Lipinski definition) is 2. The number of aryl methyl sites for hydroxylation is 2. The zero-order valence-electron chi connectivity index (χ0n) is 9.97. The van der Waals surface area contributed by atoms with Crippen LogP contribution >= 0.6 is 0 Å². The average molecular weight is 229 g/mol. The lowest BCUT2D eigenvalue weighted by Gasteiger charge is -2.04. The molecule has 0 aliphatic carbocycles. The van der Waals surface area contributed by atoms with Crippen LogP contribution < -0.4 is 5.32 Å². The Morgan fingerprint density at radius 1 is 1.47 bits per heavy atom. The number of hydrogen-bond donors (Lipinski definition) is 1.